The summed E-state index contributed by atoms with van der Waals surface area (Å²) in [4.78, 5) is 16.3. The molecule has 0 unspecified atom stereocenters. The molecular formula is C20H13Cl2F3N2O3. The molecular weight excluding hydrogens is 444 g/mol. The lowest BCUT2D eigenvalue weighted by Gasteiger charge is -2.13. The molecule has 30 heavy (non-hydrogen) atoms. The van der Waals surface area contributed by atoms with E-state index in [4.69, 9.17) is 38.4 Å². The van der Waals surface area contributed by atoms with Crippen LogP contribution < -0.4 is 10.5 Å². The summed E-state index contributed by atoms with van der Waals surface area (Å²) in [5.74, 6) is -4.04. The smallest absolute Gasteiger partial charge is 0.358 e. The second kappa shape index (κ2) is 8.81. The minimum Gasteiger partial charge on any atom is -0.492 e. The lowest BCUT2D eigenvalue weighted by molar-refractivity contribution is 0.0465. The van der Waals surface area contributed by atoms with E-state index in [0.29, 0.717) is 5.56 Å². The Labute approximate surface area is 179 Å². The molecule has 10 heteroatoms. The van der Waals surface area contributed by atoms with Crippen molar-refractivity contribution in [1.82, 2.24) is 4.98 Å². The van der Waals surface area contributed by atoms with Gasteiger partial charge in [0.2, 0.25) is 0 Å². The Morgan fingerprint density at radius 1 is 1.13 bits per heavy atom. The first-order valence-corrected chi connectivity index (χ1v) is 9.08. The van der Waals surface area contributed by atoms with E-state index in [0.717, 1.165) is 6.07 Å². The van der Waals surface area contributed by atoms with Crippen LogP contribution >= 0.6 is 23.2 Å². The highest BCUT2D eigenvalue weighted by atomic mass is 35.5. The zero-order valence-electron chi connectivity index (χ0n) is 15.3. The van der Waals surface area contributed by atoms with E-state index in [1.807, 2.05) is 0 Å². The number of nitrogens with two attached hydrogens (primary N) is 1. The fraction of sp³-hybridized carbons (Fsp3) is 0.100. The Kier molecular flexibility index (Phi) is 6.38. The Morgan fingerprint density at radius 2 is 1.87 bits per heavy atom. The van der Waals surface area contributed by atoms with Crippen molar-refractivity contribution in [1.29, 1.82) is 0 Å². The highest BCUT2D eigenvalue weighted by Gasteiger charge is 2.26. The second-order valence-electron chi connectivity index (χ2n) is 6.00. The van der Waals surface area contributed by atoms with Crippen LogP contribution in [-0.2, 0) is 11.3 Å². The first-order valence-electron chi connectivity index (χ1n) is 8.33. The quantitative estimate of drug-likeness (QED) is 0.518. The molecule has 0 spiro atoms. The van der Waals surface area contributed by atoms with Gasteiger partial charge >= 0.3 is 5.97 Å². The molecule has 0 aliphatic rings. The number of methoxy groups -OCH3 is 1. The molecule has 0 saturated carbocycles. The molecule has 3 rings (SSSR count). The number of nitrogen functional groups attached to an aromatic ring is 1. The van der Waals surface area contributed by atoms with Crippen LogP contribution in [0.2, 0.25) is 10.0 Å². The molecule has 0 fully saturated rings. The van der Waals surface area contributed by atoms with Crippen LogP contribution in [0.25, 0.3) is 11.3 Å². The molecule has 3 aromatic rings. The summed E-state index contributed by atoms with van der Waals surface area (Å²) in [7, 11) is 1.18. The molecule has 0 aliphatic heterocycles. The van der Waals surface area contributed by atoms with Crippen molar-refractivity contribution >= 4 is 34.9 Å². The predicted octanol–water partition coefficient (Wildman–Crippen LogP) is 5.42. The third-order valence-electron chi connectivity index (χ3n) is 4.07. The summed E-state index contributed by atoms with van der Waals surface area (Å²) in [5, 5.41) is -0.544. The number of anilines is 1. The molecule has 1 heterocycles. The van der Waals surface area contributed by atoms with Gasteiger partial charge in [-0.1, -0.05) is 35.3 Å². The number of nitrogens with zero attached hydrogens (tertiary/aromatic N) is 1. The molecule has 0 saturated heterocycles. The number of hydrogen-bond donors (Lipinski definition) is 1. The second-order valence-corrected chi connectivity index (χ2v) is 6.78. The van der Waals surface area contributed by atoms with Crippen molar-refractivity contribution in [2.75, 3.05) is 12.8 Å². The Hall–Kier alpha value is -2.97. The van der Waals surface area contributed by atoms with Gasteiger partial charge in [0.15, 0.2) is 23.1 Å². The van der Waals surface area contributed by atoms with Crippen molar-refractivity contribution < 1.29 is 27.4 Å². The number of aromatic nitrogens is 1. The summed E-state index contributed by atoms with van der Waals surface area (Å²) in [6.07, 6.45) is 0. The highest BCUT2D eigenvalue weighted by molar-refractivity contribution is 6.36. The molecule has 1 aromatic heterocycles. The molecule has 2 N–H and O–H groups in total. The van der Waals surface area contributed by atoms with E-state index in [-0.39, 0.29) is 22.9 Å². The molecule has 0 aliphatic carbocycles. The standard InChI is InChI=1S/C20H13Cl2F3N2O3/c1-29-19-12(21)6-5-11(14(19)24)17-15(25)16(26)13(22)18(27-17)20(28)30-8-9-3-2-4-10(23)7-9/h2-7H,8H2,1H3,(H2,26,27). The Balaban J connectivity index is 2.01. The van der Waals surface area contributed by atoms with Gasteiger partial charge in [0.25, 0.3) is 0 Å². The van der Waals surface area contributed by atoms with Crippen LogP contribution in [-0.4, -0.2) is 18.1 Å². The molecule has 156 valence electrons. The molecule has 0 bridgehead atoms. The van der Waals surface area contributed by atoms with Crippen LogP contribution in [0.1, 0.15) is 16.1 Å². The van der Waals surface area contributed by atoms with Crippen LogP contribution in [0.4, 0.5) is 18.9 Å². The minimum absolute atomic E-state index is 0.0455. The molecule has 5 nitrogen and oxygen atoms in total. The van der Waals surface area contributed by atoms with Crippen LogP contribution in [0.15, 0.2) is 36.4 Å². The van der Waals surface area contributed by atoms with Crippen molar-refractivity contribution in [2.45, 2.75) is 6.61 Å². The largest absolute Gasteiger partial charge is 0.492 e. The number of carbonyl (C=O) groups is 1. The monoisotopic (exact) mass is 456 g/mol. The maximum Gasteiger partial charge on any atom is 0.358 e. The number of esters is 1. The fourth-order valence-corrected chi connectivity index (χ4v) is 3.05. The van der Waals surface area contributed by atoms with E-state index in [1.165, 1.54) is 37.4 Å². The predicted molar refractivity (Wildman–Crippen MR) is 106 cm³/mol. The lowest BCUT2D eigenvalue weighted by atomic mass is 10.1. The average molecular weight is 457 g/mol. The normalized spacial score (nSPS) is 10.7. The topological polar surface area (TPSA) is 74.4 Å². The maximum absolute atomic E-state index is 14.7. The summed E-state index contributed by atoms with van der Waals surface area (Å²) in [5.41, 5.74) is 3.93. The van der Waals surface area contributed by atoms with Gasteiger partial charge in [-0.25, -0.2) is 22.9 Å². The van der Waals surface area contributed by atoms with Gasteiger partial charge in [-0.2, -0.15) is 0 Å². The fourth-order valence-electron chi connectivity index (χ4n) is 2.62. The molecule has 0 amide bonds. The number of carbonyl (C=O) groups excluding carboxylic acids is 1. The molecule has 0 radical (unpaired) electrons. The zero-order chi connectivity index (χ0) is 22.0. The lowest BCUT2D eigenvalue weighted by Crippen LogP contribution is -2.12. The average Bonchev–Trinajstić information content (AvgIpc) is 2.72. The Bertz CT molecular complexity index is 1140. The van der Waals surface area contributed by atoms with Gasteiger partial charge in [-0.3, -0.25) is 0 Å². The SMILES string of the molecule is COc1c(Cl)ccc(-c2nc(C(=O)OCc3cccc(F)c3)c(Cl)c(N)c2F)c1F. The summed E-state index contributed by atoms with van der Waals surface area (Å²) < 4.78 is 52.6. The zero-order valence-corrected chi connectivity index (χ0v) is 16.8. The van der Waals surface area contributed by atoms with Gasteiger partial charge in [0, 0.05) is 5.56 Å². The molecule has 2 aromatic carbocycles. The van der Waals surface area contributed by atoms with Gasteiger partial charge in [0.1, 0.15) is 18.1 Å². The number of ether oxygens (including phenoxy) is 2. The van der Waals surface area contributed by atoms with E-state index >= 15 is 0 Å². The van der Waals surface area contributed by atoms with Gasteiger partial charge in [-0.05, 0) is 29.8 Å². The van der Waals surface area contributed by atoms with Crippen LogP contribution in [0, 0.1) is 17.5 Å². The van der Waals surface area contributed by atoms with Crippen molar-refractivity contribution in [2.24, 2.45) is 0 Å². The van der Waals surface area contributed by atoms with E-state index in [2.05, 4.69) is 4.98 Å². The van der Waals surface area contributed by atoms with Gasteiger partial charge in [0.05, 0.1) is 22.8 Å². The third-order valence-corrected chi connectivity index (χ3v) is 4.75. The first kappa shape index (κ1) is 21.7. The number of rotatable bonds is 5. The van der Waals surface area contributed by atoms with Crippen LogP contribution in [0.3, 0.4) is 0 Å². The van der Waals surface area contributed by atoms with E-state index in [1.54, 1.807) is 0 Å². The molecule has 0 atom stereocenters. The van der Waals surface area contributed by atoms with Crippen LogP contribution in [0.5, 0.6) is 5.75 Å². The highest BCUT2D eigenvalue weighted by Crippen LogP contribution is 2.38. The number of halogens is 5. The van der Waals surface area contributed by atoms with Gasteiger partial charge < -0.3 is 15.2 Å². The summed E-state index contributed by atoms with van der Waals surface area (Å²) >= 11 is 11.8. The van der Waals surface area contributed by atoms with E-state index < -0.39 is 45.5 Å². The van der Waals surface area contributed by atoms with Crippen molar-refractivity contribution in [3.63, 3.8) is 0 Å². The number of hydrogen-bond acceptors (Lipinski definition) is 5. The summed E-state index contributed by atoms with van der Waals surface area (Å²) in [6, 6.07) is 7.79. The van der Waals surface area contributed by atoms with E-state index in [9.17, 15) is 18.0 Å². The summed E-state index contributed by atoms with van der Waals surface area (Å²) in [6.45, 7) is -0.301. The van der Waals surface area contributed by atoms with Gasteiger partial charge in [-0.15, -0.1) is 0 Å². The maximum atomic E-state index is 14.7. The van der Waals surface area contributed by atoms with Crippen molar-refractivity contribution in [3.8, 4) is 17.0 Å². The number of benzene rings is 2. The minimum atomic E-state index is -1.13. The first-order chi connectivity index (χ1) is 14.2. The third kappa shape index (κ3) is 4.15. The number of pyridine rings is 1. The van der Waals surface area contributed by atoms with Crippen molar-refractivity contribution in [3.05, 3.63) is 75.2 Å². The Morgan fingerprint density at radius 3 is 2.53 bits per heavy atom.